The summed E-state index contributed by atoms with van der Waals surface area (Å²) in [6.45, 7) is 1.80. The molecular formula is C13H10N4O2S. The summed E-state index contributed by atoms with van der Waals surface area (Å²) < 4.78 is 4.09. The van der Waals surface area contributed by atoms with Crippen LogP contribution in [0.15, 0.2) is 30.3 Å². The smallest absolute Gasteiger partial charge is 0.354 e. The Labute approximate surface area is 118 Å². The molecule has 2 N–H and O–H groups in total. The number of nitrogens with zero attached hydrogens (tertiary/aromatic N) is 3. The van der Waals surface area contributed by atoms with Crippen molar-refractivity contribution in [3.63, 3.8) is 0 Å². The molecule has 0 atom stereocenters. The molecule has 0 aliphatic heterocycles. The van der Waals surface area contributed by atoms with Crippen molar-refractivity contribution >= 4 is 39.2 Å². The predicted molar refractivity (Wildman–Crippen MR) is 76.6 cm³/mol. The van der Waals surface area contributed by atoms with Crippen molar-refractivity contribution < 1.29 is 9.90 Å². The highest BCUT2D eigenvalue weighted by molar-refractivity contribution is 7.09. The number of pyridine rings is 1. The maximum Gasteiger partial charge on any atom is 0.354 e. The Hall–Kier alpha value is -2.54. The van der Waals surface area contributed by atoms with Crippen molar-refractivity contribution in [2.75, 3.05) is 5.32 Å². The molecule has 0 bridgehead atoms. The van der Waals surface area contributed by atoms with Crippen LogP contribution in [-0.2, 0) is 0 Å². The molecule has 3 aromatic rings. The van der Waals surface area contributed by atoms with Crippen LogP contribution in [0.3, 0.4) is 0 Å². The lowest BCUT2D eigenvalue weighted by atomic mass is 10.1. The molecule has 2 heterocycles. The third kappa shape index (κ3) is 2.30. The predicted octanol–water partition coefficient (Wildman–Crippen LogP) is 2.84. The molecule has 100 valence electrons. The number of rotatable bonds is 3. The Kier molecular flexibility index (Phi) is 3.03. The summed E-state index contributed by atoms with van der Waals surface area (Å²) in [6, 6.07) is 8.85. The second-order valence-corrected chi connectivity index (χ2v) is 4.90. The van der Waals surface area contributed by atoms with Crippen LogP contribution in [0.25, 0.3) is 10.9 Å². The minimum atomic E-state index is -1.06. The zero-order valence-corrected chi connectivity index (χ0v) is 11.3. The summed E-state index contributed by atoms with van der Waals surface area (Å²) in [5, 5.41) is 13.7. The molecule has 7 heteroatoms. The van der Waals surface area contributed by atoms with Crippen LogP contribution in [0.4, 0.5) is 10.8 Å². The van der Waals surface area contributed by atoms with Crippen molar-refractivity contribution in [2.45, 2.75) is 6.92 Å². The molecule has 0 aliphatic carbocycles. The van der Waals surface area contributed by atoms with Gasteiger partial charge >= 0.3 is 5.97 Å². The van der Waals surface area contributed by atoms with E-state index in [4.69, 9.17) is 5.11 Å². The number of para-hydroxylation sites is 1. The van der Waals surface area contributed by atoms with Crippen molar-refractivity contribution in [3.8, 4) is 0 Å². The third-order valence-corrected chi connectivity index (χ3v) is 3.43. The van der Waals surface area contributed by atoms with Gasteiger partial charge in [-0.1, -0.05) is 18.2 Å². The van der Waals surface area contributed by atoms with E-state index in [-0.39, 0.29) is 5.69 Å². The lowest BCUT2D eigenvalue weighted by Crippen LogP contribution is -2.02. The molecule has 6 nitrogen and oxygen atoms in total. The molecule has 3 rings (SSSR count). The lowest BCUT2D eigenvalue weighted by Gasteiger charge is -2.08. The van der Waals surface area contributed by atoms with E-state index in [0.29, 0.717) is 22.2 Å². The number of hydrogen-bond donors (Lipinski definition) is 2. The van der Waals surface area contributed by atoms with Gasteiger partial charge in [0.1, 0.15) is 5.82 Å². The SMILES string of the molecule is Cc1nsc(Nc2cc(C(=O)O)nc3ccccc23)n1. The van der Waals surface area contributed by atoms with Crippen LogP contribution >= 0.6 is 11.5 Å². The minimum Gasteiger partial charge on any atom is -0.477 e. The zero-order chi connectivity index (χ0) is 14.1. The number of carboxylic acids is 1. The van der Waals surface area contributed by atoms with Gasteiger partial charge in [0.25, 0.3) is 0 Å². The molecule has 0 amide bonds. The Morgan fingerprint density at radius 2 is 2.10 bits per heavy atom. The maximum atomic E-state index is 11.1. The van der Waals surface area contributed by atoms with Crippen molar-refractivity contribution in [1.82, 2.24) is 14.3 Å². The number of carbonyl (C=O) groups is 1. The van der Waals surface area contributed by atoms with Crippen LogP contribution in [0, 0.1) is 6.92 Å². The number of hydrogen-bond acceptors (Lipinski definition) is 6. The van der Waals surface area contributed by atoms with E-state index in [2.05, 4.69) is 19.7 Å². The van der Waals surface area contributed by atoms with Gasteiger partial charge in [-0.05, 0) is 19.1 Å². The highest BCUT2D eigenvalue weighted by Crippen LogP contribution is 2.27. The van der Waals surface area contributed by atoms with E-state index in [9.17, 15) is 4.79 Å². The van der Waals surface area contributed by atoms with Crippen LogP contribution in [0.5, 0.6) is 0 Å². The van der Waals surface area contributed by atoms with Crippen LogP contribution in [0.1, 0.15) is 16.3 Å². The van der Waals surface area contributed by atoms with Gasteiger partial charge in [0.05, 0.1) is 11.2 Å². The second kappa shape index (κ2) is 4.86. The normalized spacial score (nSPS) is 10.7. The van der Waals surface area contributed by atoms with E-state index in [1.165, 1.54) is 17.6 Å². The van der Waals surface area contributed by atoms with Gasteiger partial charge in [-0.15, -0.1) is 0 Å². The molecule has 0 radical (unpaired) electrons. The molecule has 0 saturated heterocycles. The van der Waals surface area contributed by atoms with Crippen LogP contribution in [-0.4, -0.2) is 25.4 Å². The summed E-state index contributed by atoms with van der Waals surface area (Å²) in [5.41, 5.74) is 1.27. The second-order valence-electron chi connectivity index (χ2n) is 4.15. The van der Waals surface area contributed by atoms with Gasteiger partial charge in [-0.3, -0.25) is 0 Å². The lowest BCUT2D eigenvalue weighted by molar-refractivity contribution is 0.0691. The Balaban J connectivity index is 2.14. The fraction of sp³-hybridized carbons (Fsp3) is 0.0769. The summed E-state index contributed by atoms with van der Waals surface area (Å²) in [4.78, 5) is 19.5. The number of carboxylic acid groups (broad SMARTS) is 1. The Morgan fingerprint density at radius 1 is 1.30 bits per heavy atom. The van der Waals surface area contributed by atoms with E-state index < -0.39 is 5.97 Å². The van der Waals surface area contributed by atoms with Crippen molar-refractivity contribution in [3.05, 3.63) is 41.9 Å². The van der Waals surface area contributed by atoms with Gasteiger partial charge in [-0.25, -0.2) is 14.8 Å². The highest BCUT2D eigenvalue weighted by Gasteiger charge is 2.11. The van der Waals surface area contributed by atoms with Gasteiger partial charge in [0.15, 0.2) is 5.69 Å². The average molecular weight is 286 g/mol. The molecule has 20 heavy (non-hydrogen) atoms. The standard InChI is InChI=1S/C13H10N4O2S/c1-7-14-13(20-17-7)16-10-6-11(12(18)19)15-9-5-3-2-4-8(9)10/h2-6H,1H3,(H,18,19)(H,14,15,16,17). The van der Waals surface area contributed by atoms with E-state index in [0.717, 1.165) is 5.39 Å². The summed E-state index contributed by atoms with van der Waals surface area (Å²) in [6.07, 6.45) is 0. The van der Waals surface area contributed by atoms with Crippen LogP contribution < -0.4 is 5.32 Å². The summed E-state index contributed by atoms with van der Waals surface area (Å²) >= 11 is 1.23. The number of aromatic carboxylic acids is 1. The minimum absolute atomic E-state index is 0.00700. The fourth-order valence-electron chi connectivity index (χ4n) is 1.85. The summed E-state index contributed by atoms with van der Waals surface area (Å²) in [7, 11) is 0. The number of anilines is 2. The van der Waals surface area contributed by atoms with Crippen LogP contribution in [0.2, 0.25) is 0 Å². The topological polar surface area (TPSA) is 88.0 Å². The molecule has 0 unspecified atom stereocenters. The van der Waals surface area contributed by atoms with E-state index in [1.54, 1.807) is 13.0 Å². The number of nitrogens with one attached hydrogen (secondary N) is 1. The first kappa shape index (κ1) is 12.5. The first-order chi connectivity index (χ1) is 9.63. The zero-order valence-electron chi connectivity index (χ0n) is 10.5. The number of benzene rings is 1. The van der Waals surface area contributed by atoms with E-state index in [1.807, 2.05) is 18.2 Å². The van der Waals surface area contributed by atoms with E-state index >= 15 is 0 Å². The molecule has 0 saturated carbocycles. The number of aryl methyl sites for hydroxylation is 1. The average Bonchev–Trinajstić information content (AvgIpc) is 2.84. The largest absolute Gasteiger partial charge is 0.477 e. The molecule has 0 aliphatic rings. The summed E-state index contributed by atoms with van der Waals surface area (Å²) in [5.74, 6) is -0.387. The highest BCUT2D eigenvalue weighted by atomic mass is 32.1. The molecular weight excluding hydrogens is 276 g/mol. The Bertz CT molecular complexity index is 800. The fourth-order valence-corrected chi connectivity index (χ4v) is 2.44. The van der Waals surface area contributed by atoms with Gasteiger partial charge in [0, 0.05) is 16.9 Å². The first-order valence-corrected chi connectivity index (χ1v) is 6.61. The molecule has 1 aromatic carbocycles. The maximum absolute atomic E-state index is 11.1. The molecule has 2 aromatic heterocycles. The number of aromatic nitrogens is 3. The van der Waals surface area contributed by atoms with Gasteiger partial charge in [-0.2, -0.15) is 4.37 Å². The number of fused-ring (bicyclic) bond motifs is 1. The molecule has 0 fully saturated rings. The monoisotopic (exact) mass is 286 g/mol. The quantitative estimate of drug-likeness (QED) is 0.769. The Morgan fingerprint density at radius 3 is 2.80 bits per heavy atom. The van der Waals surface area contributed by atoms with Crippen molar-refractivity contribution in [1.29, 1.82) is 0 Å². The first-order valence-electron chi connectivity index (χ1n) is 5.84. The van der Waals surface area contributed by atoms with Gasteiger partial charge in [0.2, 0.25) is 5.13 Å². The molecule has 0 spiro atoms. The van der Waals surface area contributed by atoms with Gasteiger partial charge < -0.3 is 10.4 Å². The van der Waals surface area contributed by atoms with Crippen molar-refractivity contribution in [2.24, 2.45) is 0 Å². The third-order valence-electron chi connectivity index (χ3n) is 2.70.